The number of ether oxygens (including phenoxy) is 1. The molecule has 2 aromatic carbocycles. The van der Waals surface area contributed by atoms with Crippen molar-refractivity contribution in [2.45, 2.75) is 12.2 Å². The Morgan fingerprint density at radius 2 is 1.05 bits per heavy atom. The molecular weight excluding hydrogens is 260 g/mol. The van der Waals surface area contributed by atoms with Crippen LogP contribution in [0, 0.1) is 34.5 Å². The van der Waals surface area contributed by atoms with Crippen molar-refractivity contribution in [2.75, 3.05) is 0 Å². The molecule has 21 heavy (non-hydrogen) atoms. The second kappa shape index (κ2) is 5.79. The van der Waals surface area contributed by atoms with Crippen LogP contribution in [-0.2, 0) is 4.74 Å². The first kappa shape index (κ1) is 13.4. The van der Waals surface area contributed by atoms with Gasteiger partial charge in [-0.05, 0) is 11.1 Å². The third-order valence-electron chi connectivity index (χ3n) is 3.89. The zero-order valence-electron chi connectivity index (χ0n) is 11.4. The van der Waals surface area contributed by atoms with Crippen LogP contribution < -0.4 is 0 Å². The number of benzene rings is 2. The predicted molar refractivity (Wildman–Crippen MR) is 77.7 cm³/mol. The van der Waals surface area contributed by atoms with Gasteiger partial charge >= 0.3 is 0 Å². The number of rotatable bonds is 2. The predicted octanol–water partition coefficient (Wildman–Crippen LogP) is 3.78. The van der Waals surface area contributed by atoms with Gasteiger partial charge in [0.15, 0.2) is 0 Å². The Hall–Kier alpha value is -2.62. The van der Waals surface area contributed by atoms with Crippen molar-refractivity contribution in [1.29, 1.82) is 10.5 Å². The monoisotopic (exact) mass is 274 g/mol. The van der Waals surface area contributed by atoms with Crippen LogP contribution in [0.5, 0.6) is 0 Å². The van der Waals surface area contributed by atoms with Crippen LogP contribution in [0.15, 0.2) is 60.7 Å². The Morgan fingerprint density at radius 1 is 0.667 bits per heavy atom. The Kier molecular flexibility index (Phi) is 3.69. The molecule has 0 unspecified atom stereocenters. The van der Waals surface area contributed by atoms with Crippen LogP contribution in [0.4, 0.5) is 0 Å². The van der Waals surface area contributed by atoms with Crippen molar-refractivity contribution in [3.8, 4) is 12.1 Å². The molecule has 3 nitrogen and oxygen atoms in total. The molecule has 0 bridgehead atoms. The summed E-state index contributed by atoms with van der Waals surface area (Å²) in [6, 6.07) is 23.8. The molecule has 2 aromatic rings. The second-order valence-corrected chi connectivity index (χ2v) is 5.11. The smallest absolute Gasteiger partial charge is 0.101 e. The summed E-state index contributed by atoms with van der Waals surface area (Å²) in [4.78, 5) is 0. The molecule has 3 heteroatoms. The van der Waals surface area contributed by atoms with E-state index in [2.05, 4.69) is 12.1 Å². The maximum absolute atomic E-state index is 9.48. The minimum absolute atomic E-state index is 0.356. The van der Waals surface area contributed by atoms with Crippen molar-refractivity contribution >= 4 is 0 Å². The Labute approximate surface area is 124 Å². The summed E-state index contributed by atoms with van der Waals surface area (Å²) >= 11 is 0. The molecule has 0 spiro atoms. The van der Waals surface area contributed by atoms with Gasteiger partial charge in [0.25, 0.3) is 0 Å². The summed E-state index contributed by atoms with van der Waals surface area (Å²) in [5.41, 5.74) is 1.89. The molecule has 1 heterocycles. The zero-order chi connectivity index (χ0) is 14.7. The van der Waals surface area contributed by atoms with E-state index in [4.69, 9.17) is 4.74 Å². The highest BCUT2D eigenvalue weighted by atomic mass is 16.5. The molecule has 0 aliphatic carbocycles. The van der Waals surface area contributed by atoms with Crippen molar-refractivity contribution in [1.82, 2.24) is 0 Å². The average Bonchev–Trinajstić information content (AvgIpc) is 2.95. The van der Waals surface area contributed by atoms with E-state index in [0.717, 1.165) is 11.1 Å². The fourth-order valence-corrected chi connectivity index (χ4v) is 2.86. The number of hydrogen-bond acceptors (Lipinski definition) is 3. The van der Waals surface area contributed by atoms with Crippen molar-refractivity contribution in [2.24, 2.45) is 11.8 Å². The minimum atomic E-state index is -0.456. The maximum atomic E-state index is 9.48. The highest BCUT2D eigenvalue weighted by Gasteiger charge is 2.46. The summed E-state index contributed by atoms with van der Waals surface area (Å²) in [6.07, 6.45) is -0.711. The second-order valence-electron chi connectivity index (χ2n) is 5.11. The summed E-state index contributed by atoms with van der Waals surface area (Å²) in [5, 5.41) is 19.0. The van der Waals surface area contributed by atoms with Crippen LogP contribution in [0.1, 0.15) is 23.3 Å². The van der Waals surface area contributed by atoms with E-state index < -0.39 is 11.8 Å². The highest BCUT2D eigenvalue weighted by molar-refractivity contribution is 5.28. The first-order chi connectivity index (χ1) is 10.3. The lowest BCUT2D eigenvalue weighted by Crippen LogP contribution is -2.13. The number of nitriles is 2. The Morgan fingerprint density at radius 3 is 1.38 bits per heavy atom. The summed E-state index contributed by atoms with van der Waals surface area (Å²) in [6.45, 7) is 0. The normalized spacial score (nSPS) is 27.7. The van der Waals surface area contributed by atoms with E-state index in [0.29, 0.717) is 0 Å². The van der Waals surface area contributed by atoms with Crippen LogP contribution >= 0.6 is 0 Å². The van der Waals surface area contributed by atoms with E-state index in [-0.39, 0.29) is 12.2 Å². The molecule has 102 valence electrons. The van der Waals surface area contributed by atoms with E-state index in [9.17, 15) is 10.5 Å². The zero-order valence-corrected chi connectivity index (χ0v) is 11.4. The van der Waals surface area contributed by atoms with Gasteiger partial charge in [-0.2, -0.15) is 10.5 Å². The molecular formula is C18H14N2O. The topological polar surface area (TPSA) is 56.8 Å². The van der Waals surface area contributed by atoms with Gasteiger partial charge in [0.2, 0.25) is 0 Å². The molecule has 0 radical (unpaired) electrons. The van der Waals surface area contributed by atoms with E-state index in [1.807, 2.05) is 60.7 Å². The van der Waals surface area contributed by atoms with Crippen LogP contribution in [0.2, 0.25) is 0 Å². The standard InChI is InChI=1S/C18H14N2O/c19-11-15-16(12-20)18(14-9-5-2-6-10-14)21-17(15)13-7-3-1-4-8-13/h1-10,15-18H/t15-,16-,17-,18+/m1/s1. The lowest BCUT2D eigenvalue weighted by atomic mass is 9.84. The van der Waals surface area contributed by atoms with E-state index >= 15 is 0 Å². The molecule has 0 saturated carbocycles. The third-order valence-corrected chi connectivity index (χ3v) is 3.89. The van der Waals surface area contributed by atoms with Gasteiger partial charge in [0, 0.05) is 0 Å². The van der Waals surface area contributed by atoms with E-state index in [1.165, 1.54) is 0 Å². The molecule has 0 amide bonds. The molecule has 1 aliphatic heterocycles. The Bertz CT molecular complexity index is 623. The van der Waals surface area contributed by atoms with Gasteiger partial charge in [0.1, 0.15) is 12.2 Å². The van der Waals surface area contributed by atoms with Gasteiger partial charge in [-0.15, -0.1) is 0 Å². The first-order valence-electron chi connectivity index (χ1n) is 6.89. The molecule has 1 aliphatic rings. The fourth-order valence-electron chi connectivity index (χ4n) is 2.86. The molecule has 0 N–H and O–H groups in total. The maximum Gasteiger partial charge on any atom is 0.101 e. The number of nitrogens with zero attached hydrogens (tertiary/aromatic N) is 2. The SMILES string of the molecule is N#C[C@@H]1[C@@H](C#N)[C@H](c2ccccc2)O[C@@H]1c1ccccc1. The summed E-state index contributed by atoms with van der Waals surface area (Å²) in [5.74, 6) is -0.912. The summed E-state index contributed by atoms with van der Waals surface area (Å²) < 4.78 is 6.10. The molecule has 1 fully saturated rings. The van der Waals surface area contributed by atoms with Crippen LogP contribution in [0.3, 0.4) is 0 Å². The molecule has 4 atom stereocenters. The van der Waals surface area contributed by atoms with E-state index in [1.54, 1.807) is 0 Å². The molecule has 0 aromatic heterocycles. The summed E-state index contributed by atoms with van der Waals surface area (Å²) in [7, 11) is 0. The lowest BCUT2D eigenvalue weighted by molar-refractivity contribution is 0.0337. The Balaban J connectivity index is 1.99. The van der Waals surface area contributed by atoms with Crippen molar-refractivity contribution < 1.29 is 4.74 Å². The lowest BCUT2D eigenvalue weighted by Gasteiger charge is -2.15. The largest absolute Gasteiger partial charge is 0.363 e. The van der Waals surface area contributed by atoms with Crippen molar-refractivity contribution in [3.63, 3.8) is 0 Å². The molecule has 1 saturated heterocycles. The minimum Gasteiger partial charge on any atom is -0.363 e. The average molecular weight is 274 g/mol. The van der Waals surface area contributed by atoms with Crippen molar-refractivity contribution in [3.05, 3.63) is 71.8 Å². The molecule has 3 rings (SSSR count). The number of hydrogen-bond donors (Lipinski definition) is 0. The van der Waals surface area contributed by atoms with Crippen LogP contribution in [0.25, 0.3) is 0 Å². The quantitative estimate of drug-likeness (QED) is 0.837. The van der Waals surface area contributed by atoms with Gasteiger partial charge in [0.05, 0.1) is 24.0 Å². The fraction of sp³-hybridized carbons (Fsp3) is 0.222. The van der Waals surface area contributed by atoms with Gasteiger partial charge in [-0.25, -0.2) is 0 Å². The first-order valence-corrected chi connectivity index (χ1v) is 6.89. The van der Waals surface area contributed by atoms with Gasteiger partial charge in [-0.1, -0.05) is 60.7 Å². The van der Waals surface area contributed by atoms with Gasteiger partial charge in [-0.3, -0.25) is 0 Å². The third kappa shape index (κ3) is 2.40. The van der Waals surface area contributed by atoms with Gasteiger partial charge < -0.3 is 4.74 Å². The highest BCUT2D eigenvalue weighted by Crippen LogP contribution is 2.48. The van der Waals surface area contributed by atoms with Crippen LogP contribution in [-0.4, -0.2) is 0 Å².